The molecule has 17 heavy (non-hydrogen) atoms. The molecule has 0 saturated heterocycles. The number of alkyl halides is 2. The zero-order chi connectivity index (χ0) is 13.8. The molecule has 1 unspecified atom stereocenters. The lowest BCUT2D eigenvalue weighted by atomic mass is 10.0. The van der Waals surface area contributed by atoms with Crippen LogP contribution < -0.4 is 5.32 Å². The Bertz CT molecular complexity index is 290. The molecule has 0 aromatic carbocycles. The van der Waals surface area contributed by atoms with Gasteiger partial charge >= 0.3 is 11.9 Å². The molecule has 6 heteroatoms. The highest BCUT2D eigenvalue weighted by atomic mass is 19.3. The summed E-state index contributed by atoms with van der Waals surface area (Å²) in [5, 5.41) is 10.7. The number of hydrogen-bond acceptors (Lipinski definition) is 2. The number of carboxylic acids is 1. The maximum Gasteiger partial charge on any atom is 0.326 e. The fourth-order valence-corrected chi connectivity index (χ4v) is 1.37. The van der Waals surface area contributed by atoms with E-state index in [0.29, 0.717) is 0 Å². The zero-order valence-electron chi connectivity index (χ0n) is 10.5. The second kappa shape index (κ2) is 5.93. The van der Waals surface area contributed by atoms with Crippen molar-refractivity contribution in [2.45, 2.75) is 46.1 Å². The third-order valence-corrected chi connectivity index (χ3v) is 2.22. The van der Waals surface area contributed by atoms with E-state index in [1.165, 1.54) is 0 Å². The number of carbonyl (C=O) groups excluding carboxylic acids is 1. The molecular weight excluding hydrogens is 232 g/mol. The highest BCUT2D eigenvalue weighted by Crippen LogP contribution is 2.24. The summed E-state index contributed by atoms with van der Waals surface area (Å²) in [6.07, 6.45) is -0.594. The van der Waals surface area contributed by atoms with Crippen LogP contribution >= 0.6 is 0 Å². The van der Waals surface area contributed by atoms with Gasteiger partial charge in [-0.05, 0) is 11.8 Å². The van der Waals surface area contributed by atoms with Crippen LogP contribution in [0.3, 0.4) is 0 Å². The van der Waals surface area contributed by atoms with Gasteiger partial charge in [0.15, 0.2) is 0 Å². The molecule has 0 saturated carbocycles. The van der Waals surface area contributed by atoms with E-state index in [9.17, 15) is 18.4 Å². The molecule has 2 N–H and O–H groups in total. The van der Waals surface area contributed by atoms with Crippen molar-refractivity contribution in [2.75, 3.05) is 0 Å². The van der Waals surface area contributed by atoms with Crippen LogP contribution in [0.4, 0.5) is 8.78 Å². The van der Waals surface area contributed by atoms with Crippen molar-refractivity contribution < 1.29 is 23.5 Å². The first-order chi connectivity index (χ1) is 7.58. The van der Waals surface area contributed by atoms with Crippen molar-refractivity contribution in [1.82, 2.24) is 5.32 Å². The fourth-order valence-electron chi connectivity index (χ4n) is 1.37. The summed E-state index contributed by atoms with van der Waals surface area (Å²) in [6.45, 7) is 6.22. The van der Waals surface area contributed by atoms with Crippen molar-refractivity contribution in [1.29, 1.82) is 0 Å². The molecule has 1 amide bonds. The first-order valence-corrected chi connectivity index (χ1v) is 5.49. The van der Waals surface area contributed by atoms with Crippen LogP contribution in [0.25, 0.3) is 0 Å². The van der Waals surface area contributed by atoms with Crippen LogP contribution in [0.5, 0.6) is 0 Å². The molecule has 0 heterocycles. The van der Waals surface area contributed by atoms with E-state index in [0.717, 1.165) is 0 Å². The standard InChI is InChI=1S/C11H19F2NO3/c1-6(2)5-11(12,13)10(17)14-8(7(3)4)9(15)16/h6-8H,5H2,1-4H3,(H,14,17)(H,15,16). The van der Waals surface area contributed by atoms with Gasteiger partial charge in [0.25, 0.3) is 5.91 Å². The number of hydrogen-bond donors (Lipinski definition) is 2. The molecule has 0 aliphatic carbocycles. The molecule has 0 rings (SSSR count). The van der Waals surface area contributed by atoms with Crippen LogP contribution in [-0.4, -0.2) is 28.9 Å². The van der Waals surface area contributed by atoms with E-state index in [1.807, 2.05) is 5.32 Å². The monoisotopic (exact) mass is 251 g/mol. The van der Waals surface area contributed by atoms with E-state index in [4.69, 9.17) is 5.11 Å². The van der Waals surface area contributed by atoms with Crippen molar-refractivity contribution in [3.05, 3.63) is 0 Å². The van der Waals surface area contributed by atoms with Gasteiger partial charge in [0.1, 0.15) is 6.04 Å². The number of amides is 1. The minimum absolute atomic E-state index is 0.349. The van der Waals surface area contributed by atoms with Gasteiger partial charge in [-0.25, -0.2) is 4.79 Å². The zero-order valence-corrected chi connectivity index (χ0v) is 10.5. The number of carbonyl (C=O) groups is 2. The molecule has 0 radical (unpaired) electrons. The second-order valence-electron chi connectivity index (χ2n) is 4.84. The Labute approximate surface area is 99.4 Å². The molecule has 0 aromatic rings. The highest BCUT2D eigenvalue weighted by Gasteiger charge is 2.41. The third-order valence-electron chi connectivity index (χ3n) is 2.22. The Kier molecular flexibility index (Phi) is 5.51. The number of rotatable bonds is 6. The van der Waals surface area contributed by atoms with Crippen molar-refractivity contribution in [3.8, 4) is 0 Å². The summed E-state index contributed by atoms with van der Waals surface area (Å²) in [7, 11) is 0. The van der Waals surface area contributed by atoms with Gasteiger partial charge in [-0.2, -0.15) is 8.78 Å². The molecule has 0 fully saturated rings. The summed E-state index contributed by atoms with van der Waals surface area (Å²) >= 11 is 0. The first-order valence-electron chi connectivity index (χ1n) is 5.49. The Morgan fingerprint density at radius 1 is 1.24 bits per heavy atom. The van der Waals surface area contributed by atoms with Gasteiger partial charge in [-0.1, -0.05) is 27.7 Å². The van der Waals surface area contributed by atoms with Crippen molar-refractivity contribution >= 4 is 11.9 Å². The quantitative estimate of drug-likeness (QED) is 0.757. The average Bonchev–Trinajstić information content (AvgIpc) is 2.10. The SMILES string of the molecule is CC(C)CC(F)(F)C(=O)NC(C(=O)O)C(C)C. The van der Waals surface area contributed by atoms with Crippen LogP contribution in [0.1, 0.15) is 34.1 Å². The van der Waals surface area contributed by atoms with Gasteiger partial charge in [-0.15, -0.1) is 0 Å². The Hall–Kier alpha value is -1.20. The van der Waals surface area contributed by atoms with Gasteiger partial charge in [0, 0.05) is 6.42 Å². The van der Waals surface area contributed by atoms with Crippen LogP contribution in [0.2, 0.25) is 0 Å². The lowest BCUT2D eigenvalue weighted by molar-refractivity contribution is -0.153. The van der Waals surface area contributed by atoms with E-state index >= 15 is 0 Å². The van der Waals surface area contributed by atoms with E-state index in [-0.39, 0.29) is 5.92 Å². The highest BCUT2D eigenvalue weighted by molar-refractivity contribution is 5.88. The average molecular weight is 251 g/mol. The molecule has 0 bridgehead atoms. The summed E-state index contributed by atoms with van der Waals surface area (Å²) in [4.78, 5) is 22.1. The second-order valence-corrected chi connectivity index (χ2v) is 4.84. The lowest BCUT2D eigenvalue weighted by Crippen LogP contribution is -2.51. The van der Waals surface area contributed by atoms with E-state index < -0.39 is 36.2 Å². The number of carboxylic acid groups (broad SMARTS) is 1. The molecular formula is C11H19F2NO3. The van der Waals surface area contributed by atoms with E-state index in [1.54, 1.807) is 27.7 Å². The number of halogens is 2. The third kappa shape index (κ3) is 5.10. The number of aliphatic carboxylic acids is 1. The molecule has 0 aromatic heterocycles. The summed E-state index contributed by atoms with van der Waals surface area (Å²) in [5.41, 5.74) is 0. The summed E-state index contributed by atoms with van der Waals surface area (Å²) in [6, 6.07) is -1.29. The first kappa shape index (κ1) is 15.8. The van der Waals surface area contributed by atoms with Gasteiger partial charge in [-0.3, -0.25) is 4.79 Å². The van der Waals surface area contributed by atoms with Crippen LogP contribution in [0, 0.1) is 11.8 Å². The maximum atomic E-state index is 13.4. The molecule has 0 aliphatic heterocycles. The predicted molar refractivity (Wildman–Crippen MR) is 58.8 cm³/mol. The predicted octanol–water partition coefficient (Wildman–Crippen LogP) is 1.89. The summed E-state index contributed by atoms with van der Waals surface area (Å²) < 4.78 is 26.7. The minimum atomic E-state index is -3.53. The molecule has 0 spiro atoms. The molecule has 1 atom stereocenters. The smallest absolute Gasteiger partial charge is 0.326 e. The van der Waals surface area contributed by atoms with Crippen LogP contribution in [-0.2, 0) is 9.59 Å². The Morgan fingerprint density at radius 2 is 1.71 bits per heavy atom. The van der Waals surface area contributed by atoms with Crippen molar-refractivity contribution in [2.24, 2.45) is 11.8 Å². The molecule has 0 aliphatic rings. The van der Waals surface area contributed by atoms with Crippen LogP contribution in [0.15, 0.2) is 0 Å². The molecule has 100 valence electrons. The Morgan fingerprint density at radius 3 is 2.00 bits per heavy atom. The molecule has 4 nitrogen and oxygen atoms in total. The minimum Gasteiger partial charge on any atom is -0.480 e. The van der Waals surface area contributed by atoms with Crippen molar-refractivity contribution in [3.63, 3.8) is 0 Å². The Balaban J connectivity index is 4.66. The normalized spacial score (nSPS) is 13.9. The van der Waals surface area contributed by atoms with Gasteiger partial charge < -0.3 is 10.4 Å². The van der Waals surface area contributed by atoms with E-state index in [2.05, 4.69) is 0 Å². The lowest BCUT2D eigenvalue weighted by Gasteiger charge is -2.23. The van der Waals surface area contributed by atoms with Gasteiger partial charge in [0.2, 0.25) is 0 Å². The largest absolute Gasteiger partial charge is 0.480 e. The maximum absolute atomic E-state index is 13.4. The topological polar surface area (TPSA) is 66.4 Å². The fraction of sp³-hybridized carbons (Fsp3) is 0.818. The number of nitrogens with one attached hydrogen (secondary N) is 1. The summed E-state index contributed by atoms with van der Waals surface area (Å²) in [5.74, 6) is -7.16. The van der Waals surface area contributed by atoms with Gasteiger partial charge in [0.05, 0.1) is 0 Å².